The van der Waals surface area contributed by atoms with Gasteiger partial charge in [-0.15, -0.1) is 0 Å². The van der Waals surface area contributed by atoms with E-state index in [1.807, 2.05) is 18.7 Å². The van der Waals surface area contributed by atoms with Gasteiger partial charge in [-0.05, 0) is 32.4 Å². The molecule has 2 atom stereocenters. The lowest BCUT2D eigenvalue weighted by molar-refractivity contribution is -0.122. The normalized spacial score (nSPS) is 28.8. The highest BCUT2D eigenvalue weighted by molar-refractivity contribution is 8.00. The van der Waals surface area contributed by atoms with Crippen molar-refractivity contribution in [3.63, 3.8) is 0 Å². The average molecular weight is 216 g/mol. The van der Waals surface area contributed by atoms with Crippen LogP contribution >= 0.6 is 11.8 Å². The van der Waals surface area contributed by atoms with E-state index in [-0.39, 0.29) is 11.9 Å². The molecule has 2 unspecified atom stereocenters. The Balaban J connectivity index is 2.28. The van der Waals surface area contributed by atoms with Crippen molar-refractivity contribution in [1.29, 1.82) is 0 Å². The van der Waals surface area contributed by atoms with Gasteiger partial charge in [-0.25, -0.2) is 0 Å². The van der Waals surface area contributed by atoms with Crippen LogP contribution in [0.2, 0.25) is 0 Å². The summed E-state index contributed by atoms with van der Waals surface area (Å²) in [7, 11) is 1.67. The molecule has 1 fully saturated rings. The molecular formula is C10H20N2OS. The molecule has 14 heavy (non-hydrogen) atoms. The van der Waals surface area contributed by atoms with Crippen molar-refractivity contribution in [3.8, 4) is 0 Å². The van der Waals surface area contributed by atoms with Gasteiger partial charge in [0.05, 0.1) is 6.04 Å². The van der Waals surface area contributed by atoms with E-state index in [1.54, 1.807) is 7.05 Å². The van der Waals surface area contributed by atoms with Gasteiger partial charge < -0.3 is 10.6 Å². The molecular weight excluding hydrogens is 196 g/mol. The molecule has 0 aromatic heterocycles. The maximum absolute atomic E-state index is 11.2. The van der Waals surface area contributed by atoms with Gasteiger partial charge in [-0.1, -0.05) is 0 Å². The average Bonchev–Trinajstić information content (AvgIpc) is 2.61. The van der Waals surface area contributed by atoms with E-state index < -0.39 is 0 Å². The fourth-order valence-corrected chi connectivity index (χ4v) is 2.91. The molecule has 1 rings (SSSR count). The summed E-state index contributed by atoms with van der Waals surface area (Å²) < 4.78 is 0.336. The fourth-order valence-electron chi connectivity index (χ4n) is 1.65. The van der Waals surface area contributed by atoms with Crippen molar-refractivity contribution >= 4 is 17.7 Å². The zero-order chi connectivity index (χ0) is 10.6. The second-order valence-electron chi connectivity index (χ2n) is 4.12. The molecule has 4 heteroatoms. The molecule has 0 spiro atoms. The van der Waals surface area contributed by atoms with Crippen LogP contribution in [0, 0.1) is 0 Å². The zero-order valence-electron chi connectivity index (χ0n) is 9.22. The van der Waals surface area contributed by atoms with Crippen LogP contribution in [-0.2, 0) is 4.79 Å². The maximum Gasteiger partial charge on any atom is 0.236 e. The van der Waals surface area contributed by atoms with E-state index >= 15 is 0 Å². The smallest absolute Gasteiger partial charge is 0.236 e. The Hall–Kier alpha value is -0.220. The number of hydrogen-bond acceptors (Lipinski definition) is 3. The van der Waals surface area contributed by atoms with Crippen LogP contribution in [0.4, 0.5) is 0 Å². The molecule has 1 aliphatic rings. The second-order valence-corrected chi connectivity index (χ2v) is 5.80. The SMILES string of the molecule is CNC(=O)C(C)NCC1(C)CCCS1. The second kappa shape index (κ2) is 5.03. The molecule has 1 heterocycles. The third-order valence-corrected chi connectivity index (χ3v) is 4.26. The van der Waals surface area contributed by atoms with Crippen LogP contribution in [0.1, 0.15) is 26.7 Å². The molecule has 0 bridgehead atoms. The Labute approximate surface area is 90.4 Å². The summed E-state index contributed by atoms with van der Waals surface area (Å²) >= 11 is 2.01. The predicted molar refractivity (Wildman–Crippen MR) is 61.6 cm³/mol. The molecule has 1 amide bonds. The number of amides is 1. The van der Waals surface area contributed by atoms with Crippen LogP contribution in [-0.4, -0.2) is 36.0 Å². The molecule has 1 aliphatic heterocycles. The van der Waals surface area contributed by atoms with E-state index in [0.717, 1.165) is 6.54 Å². The predicted octanol–water partition coefficient (Wildman–Crippen LogP) is 0.996. The Bertz CT molecular complexity index is 202. The van der Waals surface area contributed by atoms with Crippen molar-refractivity contribution in [1.82, 2.24) is 10.6 Å². The Morgan fingerprint density at radius 3 is 2.86 bits per heavy atom. The highest BCUT2D eigenvalue weighted by Crippen LogP contribution is 2.36. The van der Waals surface area contributed by atoms with Crippen molar-refractivity contribution in [2.24, 2.45) is 0 Å². The van der Waals surface area contributed by atoms with E-state index in [4.69, 9.17) is 0 Å². The molecule has 0 aromatic carbocycles. The fraction of sp³-hybridized carbons (Fsp3) is 0.900. The van der Waals surface area contributed by atoms with Gasteiger partial charge in [0, 0.05) is 18.3 Å². The summed E-state index contributed by atoms with van der Waals surface area (Å²) in [6, 6.07) is -0.0852. The monoisotopic (exact) mass is 216 g/mol. The first-order chi connectivity index (χ1) is 6.57. The zero-order valence-corrected chi connectivity index (χ0v) is 10.0. The first-order valence-electron chi connectivity index (χ1n) is 5.16. The minimum absolute atomic E-state index is 0.0663. The first-order valence-corrected chi connectivity index (χ1v) is 6.15. The van der Waals surface area contributed by atoms with Gasteiger partial charge in [-0.2, -0.15) is 11.8 Å². The highest BCUT2D eigenvalue weighted by Gasteiger charge is 2.29. The minimum Gasteiger partial charge on any atom is -0.358 e. The van der Waals surface area contributed by atoms with Gasteiger partial charge in [0.25, 0.3) is 0 Å². The number of thioether (sulfide) groups is 1. The topological polar surface area (TPSA) is 41.1 Å². The Kier molecular flexibility index (Phi) is 4.26. The number of hydrogen-bond donors (Lipinski definition) is 2. The molecule has 1 saturated heterocycles. The summed E-state index contributed by atoms with van der Waals surface area (Å²) in [5, 5.41) is 5.93. The largest absolute Gasteiger partial charge is 0.358 e. The van der Waals surface area contributed by atoms with E-state index in [0.29, 0.717) is 4.75 Å². The first kappa shape index (κ1) is 11.9. The van der Waals surface area contributed by atoms with Crippen LogP contribution in [0.5, 0.6) is 0 Å². The van der Waals surface area contributed by atoms with Crippen molar-refractivity contribution in [2.45, 2.75) is 37.5 Å². The highest BCUT2D eigenvalue weighted by atomic mass is 32.2. The minimum atomic E-state index is -0.0852. The molecule has 0 aromatic rings. The van der Waals surface area contributed by atoms with Gasteiger partial charge in [0.2, 0.25) is 5.91 Å². The lowest BCUT2D eigenvalue weighted by atomic mass is 10.1. The van der Waals surface area contributed by atoms with E-state index in [9.17, 15) is 4.79 Å². The Morgan fingerprint density at radius 2 is 2.36 bits per heavy atom. The van der Waals surface area contributed by atoms with Crippen LogP contribution in [0.3, 0.4) is 0 Å². The molecule has 0 aliphatic carbocycles. The third kappa shape index (κ3) is 3.17. The van der Waals surface area contributed by atoms with Crippen molar-refractivity contribution in [3.05, 3.63) is 0 Å². The maximum atomic E-state index is 11.2. The molecule has 2 N–H and O–H groups in total. The van der Waals surface area contributed by atoms with Gasteiger partial charge >= 0.3 is 0 Å². The molecule has 0 radical (unpaired) electrons. The van der Waals surface area contributed by atoms with Gasteiger partial charge in [0.15, 0.2) is 0 Å². The molecule has 0 saturated carbocycles. The Morgan fingerprint density at radius 1 is 1.64 bits per heavy atom. The summed E-state index contributed by atoms with van der Waals surface area (Å²) in [4.78, 5) is 11.2. The number of rotatable bonds is 4. The van der Waals surface area contributed by atoms with Crippen LogP contribution in [0.15, 0.2) is 0 Å². The molecule has 3 nitrogen and oxygen atoms in total. The lowest BCUT2D eigenvalue weighted by Crippen LogP contribution is -2.45. The van der Waals surface area contributed by atoms with Crippen molar-refractivity contribution in [2.75, 3.05) is 19.3 Å². The number of carbonyl (C=O) groups excluding carboxylic acids is 1. The number of nitrogens with one attached hydrogen (secondary N) is 2. The van der Waals surface area contributed by atoms with E-state index in [2.05, 4.69) is 17.6 Å². The van der Waals surface area contributed by atoms with Crippen LogP contribution < -0.4 is 10.6 Å². The van der Waals surface area contributed by atoms with Crippen LogP contribution in [0.25, 0.3) is 0 Å². The summed E-state index contributed by atoms with van der Waals surface area (Å²) in [5.74, 6) is 1.32. The van der Waals surface area contributed by atoms with Gasteiger partial charge in [-0.3, -0.25) is 4.79 Å². The van der Waals surface area contributed by atoms with Gasteiger partial charge in [0.1, 0.15) is 0 Å². The lowest BCUT2D eigenvalue weighted by Gasteiger charge is -2.25. The third-order valence-electron chi connectivity index (χ3n) is 2.72. The van der Waals surface area contributed by atoms with Crippen molar-refractivity contribution < 1.29 is 4.79 Å². The quantitative estimate of drug-likeness (QED) is 0.736. The summed E-state index contributed by atoms with van der Waals surface area (Å²) in [6.45, 7) is 5.10. The standard InChI is InChI=1S/C10H20N2OS/c1-8(9(13)11-3)12-7-10(2)5-4-6-14-10/h8,12H,4-7H2,1-3H3,(H,11,13). The number of carbonyl (C=O) groups is 1. The summed E-state index contributed by atoms with van der Waals surface area (Å²) in [5.41, 5.74) is 0. The molecule has 82 valence electrons. The summed E-state index contributed by atoms with van der Waals surface area (Å²) in [6.07, 6.45) is 2.56. The van der Waals surface area contributed by atoms with E-state index in [1.165, 1.54) is 18.6 Å². The number of likely N-dealkylation sites (N-methyl/N-ethyl adjacent to an activating group) is 1.